The molecule has 3 rings (SSSR count). The molecule has 3 aromatic rings. The standard InChI is InChI=1S/C26H31N3O2S/c1-2-15-28-23(16-21-9-5-3-6-10-21)13-14-24(17-22-11-7-4-8-12-22)29-26(30)31-19-25-18-27-20-32-25/h2-12,15,18,20,23-24,28H,13-14,16-17,19H2,1H3,(H,29,30)/b15-2+/t23-,24-/m1/s1. The molecule has 0 saturated carbocycles. The number of carbonyl (C=O) groups excluding carboxylic acids is 1. The van der Waals surface area contributed by atoms with E-state index in [-0.39, 0.29) is 24.8 Å². The number of alkyl carbamates (subject to hydrolysis) is 1. The topological polar surface area (TPSA) is 63.2 Å². The van der Waals surface area contributed by atoms with Gasteiger partial charge >= 0.3 is 6.09 Å². The van der Waals surface area contributed by atoms with Crippen molar-refractivity contribution in [1.82, 2.24) is 15.6 Å². The molecule has 0 aliphatic heterocycles. The average Bonchev–Trinajstić information content (AvgIpc) is 3.34. The summed E-state index contributed by atoms with van der Waals surface area (Å²) in [4.78, 5) is 17.4. The molecule has 0 spiro atoms. The Morgan fingerprint density at radius 2 is 1.62 bits per heavy atom. The largest absolute Gasteiger partial charge is 0.444 e. The SMILES string of the molecule is C/C=C/N[C@H](CC[C@H](Cc1ccccc1)NC(=O)OCc1cncs1)Cc1ccccc1. The second-order valence-corrected chi connectivity index (χ2v) is 8.68. The van der Waals surface area contributed by atoms with Crippen LogP contribution >= 0.6 is 11.3 Å². The molecule has 32 heavy (non-hydrogen) atoms. The summed E-state index contributed by atoms with van der Waals surface area (Å²) in [5.74, 6) is 0. The van der Waals surface area contributed by atoms with Gasteiger partial charge in [0, 0.05) is 18.3 Å². The number of allylic oxidation sites excluding steroid dienone is 1. The van der Waals surface area contributed by atoms with Gasteiger partial charge in [-0.1, -0.05) is 66.7 Å². The fourth-order valence-electron chi connectivity index (χ4n) is 3.56. The predicted octanol–water partition coefficient (Wildman–Crippen LogP) is 5.50. The summed E-state index contributed by atoms with van der Waals surface area (Å²) < 4.78 is 5.42. The van der Waals surface area contributed by atoms with E-state index < -0.39 is 0 Å². The normalized spacial score (nSPS) is 12.9. The number of hydrogen-bond donors (Lipinski definition) is 2. The number of amides is 1. The van der Waals surface area contributed by atoms with Crippen molar-refractivity contribution in [3.63, 3.8) is 0 Å². The number of ether oxygens (including phenoxy) is 1. The highest BCUT2D eigenvalue weighted by Crippen LogP contribution is 2.14. The third-order valence-corrected chi connectivity index (χ3v) is 5.92. The summed E-state index contributed by atoms with van der Waals surface area (Å²) in [7, 11) is 0. The first-order chi connectivity index (χ1) is 15.7. The second-order valence-electron chi connectivity index (χ2n) is 7.71. The lowest BCUT2D eigenvalue weighted by Crippen LogP contribution is -2.38. The smallest absolute Gasteiger partial charge is 0.407 e. The monoisotopic (exact) mass is 449 g/mol. The van der Waals surface area contributed by atoms with E-state index in [0.717, 1.165) is 30.6 Å². The number of hydrogen-bond acceptors (Lipinski definition) is 5. The molecule has 0 unspecified atom stereocenters. The number of nitrogens with zero attached hydrogens (tertiary/aromatic N) is 1. The van der Waals surface area contributed by atoms with Crippen LogP contribution in [0.4, 0.5) is 4.79 Å². The molecular formula is C26H31N3O2S. The Morgan fingerprint density at radius 1 is 1.00 bits per heavy atom. The molecule has 6 heteroatoms. The van der Waals surface area contributed by atoms with Gasteiger partial charge in [-0.3, -0.25) is 4.98 Å². The molecule has 5 nitrogen and oxygen atoms in total. The van der Waals surface area contributed by atoms with Crippen LogP contribution in [0.3, 0.4) is 0 Å². The number of thiazole rings is 1. The van der Waals surface area contributed by atoms with Crippen molar-refractivity contribution >= 4 is 17.4 Å². The summed E-state index contributed by atoms with van der Waals surface area (Å²) in [6, 6.07) is 21.0. The van der Waals surface area contributed by atoms with Gasteiger partial charge in [0.2, 0.25) is 0 Å². The third-order valence-electron chi connectivity index (χ3n) is 5.16. The highest BCUT2D eigenvalue weighted by molar-refractivity contribution is 7.09. The highest BCUT2D eigenvalue weighted by Gasteiger charge is 2.17. The average molecular weight is 450 g/mol. The lowest BCUT2D eigenvalue weighted by Gasteiger charge is -2.23. The maximum Gasteiger partial charge on any atom is 0.407 e. The predicted molar refractivity (Wildman–Crippen MR) is 130 cm³/mol. The Bertz CT molecular complexity index is 930. The summed E-state index contributed by atoms with van der Waals surface area (Å²) in [6.45, 7) is 2.25. The molecule has 2 aromatic carbocycles. The number of carbonyl (C=O) groups is 1. The highest BCUT2D eigenvalue weighted by atomic mass is 32.1. The van der Waals surface area contributed by atoms with Crippen LogP contribution in [0.2, 0.25) is 0 Å². The molecule has 1 amide bonds. The first-order valence-corrected chi connectivity index (χ1v) is 11.9. The first kappa shape index (κ1) is 23.5. The molecule has 0 bridgehead atoms. The van der Waals surface area contributed by atoms with Crippen molar-refractivity contribution in [1.29, 1.82) is 0 Å². The molecule has 0 fully saturated rings. The van der Waals surface area contributed by atoms with Crippen LogP contribution in [0.1, 0.15) is 35.8 Å². The van der Waals surface area contributed by atoms with Crippen molar-refractivity contribution in [3.05, 3.63) is 101 Å². The van der Waals surface area contributed by atoms with E-state index in [4.69, 9.17) is 4.74 Å². The molecule has 0 aliphatic carbocycles. The van der Waals surface area contributed by atoms with Gasteiger partial charge < -0.3 is 15.4 Å². The van der Waals surface area contributed by atoms with Gasteiger partial charge in [-0.25, -0.2) is 4.79 Å². The van der Waals surface area contributed by atoms with Gasteiger partial charge in [-0.15, -0.1) is 11.3 Å². The molecule has 2 N–H and O–H groups in total. The third kappa shape index (κ3) is 8.55. The van der Waals surface area contributed by atoms with Gasteiger partial charge in [0.25, 0.3) is 0 Å². The minimum atomic E-state index is -0.389. The fourth-order valence-corrected chi connectivity index (χ4v) is 4.07. The van der Waals surface area contributed by atoms with Crippen LogP contribution in [0.15, 0.2) is 84.6 Å². The second kappa shape index (κ2) is 13.3. The van der Waals surface area contributed by atoms with Crippen molar-refractivity contribution in [2.45, 2.75) is 51.3 Å². The summed E-state index contributed by atoms with van der Waals surface area (Å²) in [5.41, 5.74) is 4.23. The Kier molecular flexibility index (Phi) is 9.80. The van der Waals surface area contributed by atoms with Crippen molar-refractivity contribution in [2.75, 3.05) is 0 Å². The molecule has 0 saturated heterocycles. The molecule has 2 atom stereocenters. The van der Waals surface area contributed by atoms with E-state index >= 15 is 0 Å². The van der Waals surface area contributed by atoms with E-state index in [1.54, 1.807) is 11.7 Å². The summed E-state index contributed by atoms with van der Waals surface area (Å²) >= 11 is 1.48. The number of rotatable bonds is 12. The van der Waals surface area contributed by atoms with Crippen molar-refractivity contribution in [2.24, 2.45) is 0 Å². The van der Waals surface area contributed by atoms with Gasteiger partial charge in [-0.05, 0) is 49.9 Å². The minimum absolute atomic E-state index is 0.0166. The van der Waals surface area contributed by atoms with E-state index in [1.165, 1.54) is 22.5 Å². The molecule has 0 aliphatic rings. The zero-order valence-electron chi connectivity index (χ0n) is 18.4. The lowest BCUT2D eigenvalue weighted by molar-refractivity contribution is 0.135. The van der Waals surface area contributed by atoms with Gasteiger partial charge in [0.05, 0.1) is 10.4 Å². The van der Waals surface area contributed by atoms with Crippen LogP contribution < -0.4 is 10.6 Å². The maximum atomic E-state index is 12.5. The molecule has 168 valence electrons. The summed E-state index contributed by atoms with van der Waals surface area (Å²) in [6.07, 6.45) is 8.79. The first-order valence-electron chi connectivity index (χ1n) is 11.0. The molecule has 0 radical (unpaired) electrons. The zero-order valence-corrected chi connectivity index (χ0v) is 19.3. The van der Waals surface area contributed by atoms with Crippen molar-refractivity contribution in [3.8, 4) is 0 Å². The zero-order chi connectivity index (χ0) is 22.4. The summed E-state index contributed by atoms with van der Waals surface area (Å²) in [5, 5.41) is 6.58. The molecule has 1 heterocycles. The van der Waals surface area contributed by atoms with Crippen LogP contribution in [0, 0.1) is 0 Å². The Labute approximate surface area is 194 Å². The Balaban J connectivity index is 1.60. The van der Waals surface area contributed by atoms with E-state index in [2.05, 4.69) is 52.0 Å². The minimum Gasteiger partial charge on any atom is -0.444 e. The van der Waals surface area contributed by atoms with E-state index in [9.17, 15) is 4.79 Å². The van der Waals surface area contributed by atoms with Gasteiger partial charge in [0.1, 0.15) is 6.61 Å². The van der Waals surface area contributed by atoms with Crippen LogP contribution in [-0.4, -0.2) is 23.2 Å². The van der Waals surface area contributed by atoms with Crippen LogP contribution in [-0.2, 0) is 24.2 Å². The number of nitrogens with one attached hydrogen (secondary N) is 2. The van der Waals surface area contributed by atoms with Crippen molar-refractivity contribution < 1.29 is 9.53 Å². The van der Waals surface area contributed by atoms with E-state index in [0.29, 0.717) is 0 Å². The van der Waals surface area contributed by atoms with Gasteiger partial charge in [0.15, 0.2) is 0 Å². The van der Waals surface area contributed by atoms with Crippen LogP contribution in [0.5, 0.6) is 0 Å². The quantitative estimate of drug-likeness (QED) is 0.383. The molecular weight excluding hydrogens is 418 g/mol. The Hall–Kier alpha value is -3.12. The van der Waals surface area contributed by atoms with E-state index in [1.807, 2.05) is 43.5 Å². The van der Waals surface area contributed by atoms with Gasteiger partial charge in [-0.2, -0.15) is 0 Å². The number of benzene rings is 2. The number of aromatic nitrogens is 1. The maximum absolute atomic E-state index is 12.5. The lowest BCUT2D eigenvalue weighted by atomic mass is 9.96. The fraction of sp³-hybridized carbons (Fsp3) is 0.308. The molecule has 1 aromatic heterocycles. The Morgan fingerprint density at radius 3 is 2.22 bits per heavy atom. The van der Waals surface area contributed by atoms with Crippen LogP contribution in [0.25, 0.3) is 0 Å².